The maximum atomic E-state index is 6.18. The Labute approximate surface area is 125 Å². The standard InChI is InChI=1S/C16H24N2OS/c1-18(14-4-2-3-13(17)11-14)15-5-8-19-16(12-15)6-9-20-10-7-16/h2-4,11,15H,5-10,12,17H2,1H3. The smallest absolute Gasteiger partial charge is 0.0717 e. The first-order valence-corrected chi connectivity index (χ1v) is 8.64. The van der Waals surface area contributed by atoms with E-state index in [-0.39, 0.29) is 5.60 Å². The van der Waals surface area contributed by atoms with E-state index in [1.807, 2.05) is 12.1 Å². The Hall–Kier alpha value is -0.870. The molecule has 0 radical (unpaired) electrons. The number of benzene rings is 1. The third-order valence-corrected chi connectivity index (χ3v) is 5.68. The molecule has 0 saturated carbocycles. The molecule has 3 nitrogen and oxygen atoms in total. The summed E-state index contributed by atoms with van der Waals surface area (Å²) < 4.78 is 6.18. The van der Waals surface area contributed by atoms with Gasteiger partial charge < -0.3 is 15.4 Å². The van der Waals surface area contributed by atoms with Crippen LogP contribution in [0.25, 0.3) is 0 Å². The van der Waals surface area contributed by atoms with Gasteiger partial charge in [-0.25, -0.2) is 0 Å². The second kappa shape index (κ2) is 5.86. The lowest BCUT2D eigenvalue weighted by Crippen LogP contribution is -2.49. The number of ether oxygens (including phenoxy) is 1. The van der Waals surface area contributed by atoms with Crippen LogP contribution in [0.4, 0.5) is 11.4 Å². The molecule has 20 heavy (non-hydrogen) atoms. The van der Waals surface area contributed by atoms with Crippen molar-refractivity contribution >= 4 is 23.1 Å². The van der Waals surface area contributed by atoms with Crippen molar-refractivity contribution in [2.75, 3.05) is 35.8 Å². The van der Waals surface area contributed by atoms with Gasteiger partial charge in [-0.15, -0.1) is 0 Å². The van der Waals surface area contributed by atoms with Crippen LogP contribution < -0.4 is 10.6 Å². The molecule has 2 aliphatic rings. The third kappa shape index (κ3) is 2.91. The molecule has 2 saturated heterocycles. The second-order valence-corrected chi connectivity index (χ2v) is 7.22. The average Bonchev–Trinajstić information content (AvgIpc) is 2.47. The number of nitrogens with two attached hydrogens (primary N) is 1. The van der Waals surface area contributed by atoms with Gasteiger partial charge in [0.05, 0.1) is 5.60 Å². The van der Waals surface area contributed by atoms with E-state index < -0.39 is 0 Å². The van der Waals surface area contributed by atoms with Crippen LogP contribution in [0.15, 0.2) is 24.3 Å². The van der Waals surface area contributed by atoms with Crippen LogP contribution >= 0.6 is 11.8 Å². The first-order valence-electron chi connectivity index (χ1n) is 7.49. The lowest BCUT2D eigenvalue weighted by molar-refractivity contribution is -0.0892. The molecule has 0 bridgehead atoms. The van der Waals surface area contributed by atoms with Gasteiger partial charge in [0.25, 0.3) is 0 Å². The highest BCUT2D eigenvalue weighted by Gasteiger charge is 2.39. The molecule has 0 aromatic heterocycles. The predicted octanol–water partition coefficient (Wildman–Crippen LogP) is 3.15. The van der Waals surface area contributed by atoms with Gasteiger partial charge in [0.2, 0.25) is 0 Å². The molecule has 4 heteroatoms. The Kier molecular flexibility index (Phi) is 4.13. The predicted molar refractivity (Wildman–Crippen MR) is 87.5 cm³/mol. The van der Waals surface area contributed by atoms with Gasteiger partial charge in [-0.05, 0) is 55.4 Å². The van der Waals surface area contributed by atoms with E-state index in [1.54, 1.807) is 0 Å². The summed E-state index contributed by atoms with van der Waals surface area (Å²) in [4.78, 5) is 2.39. The highest BCUT2D eigenvalue weighted by molar-refractivity contribution is 7.99. The van der Waals surface area contributed by atoms with Gasteiger partial charge in [-0.2, -0.15) is 11.8 Å². The van der Waals surface area contributed by atoms with Gasteiger partial charge >= 0.3 is 0 Å². The minimum Gasteiger partial charge on any atom is -0.399 e. The SMILES string of the molecule is CN(c1cccc(N)c1)C1CCOC2(CCSCC2)C1. The van der Waals surface area contributed by atoms with E-state index in [1.165, 1.54) is 30.0 Å². The summed E-state index contributed by atoms with van der Waals surface area (Å²) >= 11 is 2.06. The van der Waals surface area contributed by atoms with Crippen molar-refractivity contribution in [2.45, 2.75) is 37.3 Å². The minimum absolute atomic E-state index is 0.142. The number of nitrogen functional groups attached to an aromatic ring is 1. The van der Waals surface area contributed by atoms with Gasteiger partial charge in [0.15, 0.2) is 0 Å². The van der Waals surface area contributed by atoms with Crippen molar-refractivity contribution in [1.29, 1.82) is 0 Å². The van der Waals surface area contributed by atoms with E-state index in [4.69, 9.17) is 10.5 Å². The van der Waals surface area contributed by atoms with Gasteiger partial charge in [-0.3, -0.25) is 0 Å². The summed E-state index contributed by atoms with van der Waals surface area (Å²) in [6.45, 7) is 0.891. The first kappa shape index (κ1) is 14.1. The Morgan fingerprint density at radius 1 is 1.35 bits per heavy atom. The van der Waals surface area contributed by atoms with E-state index >= 15 is 0 Å². The van der Waals surface area contributed by atoms with Crippen LogP contribution in [0.1, 0.15) is 25.7 Å². The zero-order valence-corrected chi connectivity index (χ0v) is 13.0. The lowest BCUT2D eigenvalue weighted by atomic mass is 9.85. The average molecular weight is 292 g/mol. The molecule has 2 heterocycles. The summed E-state index contributed by atoms with van der Waals surface area (Å²) in [5, 5.41) is 0. The van der Waals surface area contributed by atoms with Crippen LogP contribution in [-0.2, 0) is 4.74 Å². The summed E-state index contributed by atoms with van der Waals surface area (Å²) in [6, 6.07) is 8.76. The zero-order valence-electron chi connectivity index (χ0n) is 12.2. The van der Waals surface area contributed by atoms with Crippen molar-refractivity contribution in [3.63, 3.8) is 0 Å². The third-order valence-electron chi connectivity index (χ3n) is 4.70. The summed E-state index contributed by atoms with van der Waals surface area (Å²) in [6.07, 6.45) is 4.68. The summed E-state index contributed by atoms with van der Waals surface area (Å²) in [7, 11) is 2.19. The van der Waals surface area contributed by atoms with Crippen LogP contribution in [-0.4, -0.2) is 36.8 Å². The first-order chi connectivity index (χ1) is 9.69. The van der Waals surface area contributed by atoms with E-state index in [0.717, 1.165) is 25.1 Å². The Morgan fingerprint density at radius 3 is 2.90 bits per heavy atom. The van der Waals surface area contributed by atoms with Gasteiger partial charge in [-0.1, -0.05) is 6.07 Å². The maximum absolute atomic E-state index is 6.18. The number of anilines is 2. The van der Waals surface area contributed by atoms with Crippen LogP contribution in [0, 0.1) is 0 Å². The number of nitrogens with zero attached hydrogens (tertiary/aromatic N) is 1. The highest BCUT2D eigenvalue weighted by Crippen LogP contribution is 2.39. The quantitative estimate of drug-likeness (QED) is 0.850. The molecular weight excluding hydrogens is 268 g/mol. The molecular formula is C16H24N2OS. The molecule has 110 valence electrons. The Morgan fingerprint density at radius 2 is 2.15 bits per heavy atom. The Bertz CT molecular complexity index is 454. The summed E-state index contributed by atoms with van der Waals surface area (Å²) in [5.74, 6) is 2.49. The van der Waals surface area contributed by atoms with Crippen molar-refractivity contribution in [3.05, 3.63) is 24.3 Å². The molecule has 1 aromatic carbocycles. The maximum Gasteiger partial charge on any atom is 0.0717 e. The zero-order chi connectivity index (χ0) is 14.0. The van der Waals surface area contributed by atoms with E-state index in [9.17, 15) is 0 Å². The van der Waals surface area contributed by atoms with Crippen LogP contribution in [0.3, 0.4) is 0 Å². The largest absolute Gasteiger partial charge is 0.399 e. The molecule has 2 aliphatic heterocycles. The molecule has 1 atom stereocenters. The van der Waals surface area contributed by atoms with Crippen LogP contribution in [0.5, 0.6) is 0 Å². The summed E-state index contributed by atoms with van der Waals surface area (Å²) in [5.41, 5.74) is 8.11. The molecule has 1 unspecified atom stereocenters. The van der Waals surface area contributed by atoms with E-state index in [2.05, 4.69) is 35.8 Å². The van der Waals surface area contributed by atoms with Gasteiger partial charge in [0.1, 0.15) is 0 Å². The topological polar surface area (TPSA) is 38.5 Å². The fourth-order valence-electron chi connectivity index (χ4n) is 3.38. The molecule has 1 aromatic rings. The Balaban J connectivity index is 1.73. The molecule has 0 aliphatic carbocycles. The fraction of sp³-hybridized carbons (Fsp3) is 0.625. The number of rotatable bonds is 2. The van der Waals surface area contributed by atoms with Crippen molar-refractivity contribution in [1.82, 2.24) is 0 Å². The molecule has 0 amide bonds. The monoisotopic (exact) mass is 292 g/mol. The normalized spacial score (nSPS) is 25.6. The lowest BCUT2D eigenvalue weighted by Gasteiger charge is -2.46. The molecule has 3 rings (SSSR count). The van der Waals surface area contributed by atoms with Crippen molar-refractivity contribution in [3.8, 4) is 0 Å². The van der Waals surface area contributed by atoms with Gasteiger partial charge in [0, 0.05) is 31.1 Å². The van der Waals surface area contributed by atoms with E-state index in [0.29, 0.717) is 6.04 Å². The minimum atomic E-state index is 0.142. The van der Waals surface area contributed by atoms with Crippen LogP contribution in [0.2, 0.25) is 0 Å². The number of hydrogen-bond donors (Lipinski definition) is 1. The number of thioether (sulfide) groups is 1. The van der Waals surface area contributed by atoms with Crippen molar-refractivity contribution < 1.29 is 4.74 Å². The molecule has 2 fully saturated rings. The number of hydrogen-bond acceptors (Lipinski definition) is 4. The molecule has 1 spiro atoms. The molecule has 2 N–H and O–H groups in total. The fourth-order valence-corrected chi connectivity index (χ4v) is 4.62. The van der Waals surface area contributed by atoms with Crippen molar-refractivity contribution in [2.24, 2.45) is 0 Å². The highest BCUT2D eigenvalue weighted by atomic mass is 32.2. The second-order valence-electron chi connectivity index (χ2n) is 6.00.